The van der Waals surface area contributed by atoms with Gasteiger partial charge in [0.15, 0.2) is 0 Å². The monoisotopic (exact) mass is 423 g/mol. The van der Waals surface area contributed by atoms with Crippen molar-refractivity contribution < 1.29 is 0 Å². The Labute approximate surface area is 204 Å². The highest BCUT2D eigenvalue weighted by molar-refractivity contribution is 6.68. The number of nitrogens with zero attached hydrogens (tertiary/aromatic N) is 3. The Hall–Kier alpha value is -3.53. The number of imidazole rings is 1. The van der Waals surface area contributed by atoms with E-state index in [4.69, 9.17) is 44.2 Å². The van der Waals surface area contributed by atoms with E-state index in [-0.39, 0.29) is 27.3 Å². The van der Waals surface area contributed by atoms with Crippen LogP contribution < -0.4 is 27.3 Å². The van der Waals surface area contributed by atoms with Crippen molar-refractivity contribution in [3.8, 4) is 11.6 Å². The van der Waals surface area contributed by atoms with Gasteiger partial charge in [-0.1, -0.05) is 53.4 Å². The molecule has 4 aromatic carbocycles. The van der Waals surface area contributed by atoms with Crippen LogP contribution in [0.2, 0.25) is 0 Å². The predicted octanol–water partition coefficient (Wildman–Crippen LogP) is 0.400. The van der Waals surface area contributed by atoms with Crippen molar-refractivity contribution in [3.05, 3.63) is 72.3 Å². The third-order valence-corrected chi connectivity index (χ3v) is 6.47. The van der Waals surface area contributed by atoms with E-state index in [1.54, 1.807) is 0 Å². The van der Waals surface area contributed by atoms with Crippen LogP contribution in [0, 0.1) is 6.92 Å². The van der Waals surface area contributed by atoms with Crippen molar-refractivity contribution in [2.75, 3.05) is 0 Å². The molecule has 0 saturated heterocycles. The molecule has 0 N–H and O–H groups in total. The lowest BCUT2D eigenvalue weighted by molar-refractivity contribution is 0.963. The first-order valence-corrected chi connectivity index (χ1v) is 10.9. The topological polar surface area (TPSA) is 22.8 Å². The van der Waals surface area contributed by atoms with E-state index in [1.165, 1.54) is 0 Å². The molecule has 8 heteroatoms. The summed E-state index contributed by atoms with van der Waals surface area (Å²) in [7, 11) is 31.6. The quantitative estimate of drug-likeness (QED) is 0.371. The lowest BCUT2D eigenvalue weighted by Gasteiger charge is -2.23. The van der Waals surface area contributed by atoms with Gasteiger partial charge in [-0.2, -0.15) is 0 Å². The van der Waals surface area contributed by atoms with Gasteiger partial charge in [-0.25, -0.2) is 4.98 Å². The maximum absolute atomic E-state index is 6.51. The number of hydrogen-bond acceptors (Lipinski definition) is 1. The standard InChI is InChI=1S/C26H14B5N3/c1-13-10-11-15-14-6-2-4-8-17(14)33(19(15)12-13)26-32-16-7-3-5-9-18(16)34(26)25-23(30)21(28)20(27)22(29)24(25)31/h2-12H,1H3. The number of rotatable bonds is 2. The third-order valence-electron chi connectivity index (χ3n) is 6.47. The fourth-order valence-electron chi connectivity index (χ4n) is 4.76. The van der Waals surface area contributed by atoms with Crippen LogP contribution in [-0.2, 0) is 0 Å². The zero-order valence-corrected chi connectivity index (χ0v) is 18.6. The second kappa shape index (κ2) is 7.49. The Morgan fingerprint density at radius 1 is 0.588 bits per heavy atom. The van der Waals surface area contributed by atoms with E-state index in [9.17, 15) is 0 Å². The summed E-state index contributed by atoms with van der Waals surface area (Å²) >= 11 is 0. The average Bonchev–Trinajstić information content (AvgIpc) is 3.37. The highest BCUT2D eigenvalue weighted by atomic mass is 15.2. The third kappa shape index (κ3) is 2.81. The summed E-state index contributed by atoms with van der Waals surface area (Å²) in [6.07, 6.45) is 0. The molecule has 3 nitrogen and oxygen atoms in total. The molecule has 0 fully saturated rings. The second-order valence-corrected chi connectivity index (χ2v) is 8.53. The Kier molecular flexibility index (Phi) is 4.64. The lowest BCUT2D eigenvalue weighted by Crippen LogP contribution is -2.56. The van der Waals surface area contributed by atoms with E-state index in [2.05, 4.69) is 41.8 Å². The predicted molar refractivity (Wildman–Crippen MR) is 147 cm³/mol. The molecule has 0 aliphatic rings. The minimum Gasteiger partial charge on any atom is -0.279 e. The van der Waals surface area contributed by atoms with Crippen LogP contribution in [-0.4, -0.2) is 53.3 Å². The first-order chi connectivity index (χ1) is 16.4. The van der Waals surface area contributed by atoms with Gasteiger partial charge in [-0.15, -0.1) is 16.4 Å². The maximum Gasteiger partial charge on any atom is 0.220 e. The molecule has 2 aromatic heterocycles. The fraction of sp³-hybridized carbons (Fsp3) is 0.0385. The minimum atomic E-state index is 0.178. The van der Waals surface area contributed by atoms with Gasteiger partial charge in [0.05, 0.1) is 22.1 Å². The molecule has 148 valence electrons. The number of hydrogen-bond donors (Lipinski definition) is 0. The van der Waals surface area contributed by atoms with E-state index in [0.29, 0.717) is 11.6 Å². The highest BCUT2D eigenvalue weighted by Gasteiger charge is 2.22. The van der Waals surface area contributed by atoms with Crippen molar-refractivity contribution in [2.24, 2.45) is 0 Å². The molecule has 6 aromatic rings. The molecule has 0 aliphatic carbocycles. The molecule has 2 heterocycles. The molecule has 0 atom stereocenters. The Morgan fingerprint density at radius 2 is 1.18 bits per heavy atom. The van der Waals surface area contributed by atoms with Crippen LogP contribution >= 0.6 is 0 Å². The normalized spacial score (nSPS) is 11.7. The number of aryl methyl sites for hydroxylation is 1. The average molecular weight is 422 g/mol. The molecule has 0 saturated carbocycles. The van der Waals surface area contributed by atoms with Gasteiger partial charge < -0.3 is 0 Å². The molecule has 6 rings (SSSR count). The van der Waals surface area contributed by atoms with E-state index in [0.717, 1.165) is 38.4 Å². The maximum atomic E-state index is 6.51. The number of benzene rings is 4. The Bertz CT molecular complexity index is 1750. The van der Waals surface area contributed by atoms with Crippen molar-refractivity contribution in [2.45, 2.75) is 6.92 Å². The smallest absolute Gasteiger partial charge is 0.220 e. The van der Waals surface area contributed by atoms with Gasteiger partial charge >= 0.3 is 0 Å². The molecule has 0 amide bonds. The molecule has 10 radical (unpaired) electrons. The second-order valence-electron chi connectivity index (χ2n) is 8.53. The van der Waals surface area contributed by atoms with Crippen molar-refractivity contribution in [3.63, 3.8) is 0 Å². The number of fused-ring (bicyclic) bond motifs is 4. The Morgan fingerprint density at radius 3 is 1.91 bits per heavy atom. The van der Waals surface area contributed by atoms with Gasteiger partial charge in [-0.05, 0) is 36.8 Å². The molecular weight excluding hydrogens is 408 g/mol. The van der Waals surface area contributed by atoms with Gasteiger partial charge in [-0.3, -0.25) is 9.13 Å². The molecule has 0 spiro atoms. The molecule has 0 aliphatic heterocycles. The summed E-state index contributed by atoms with van der Waals surface area (Å²) in [5.41, 5.74) is 6.31. The summed E-state index contributed by atoms with van der Waals surface area (Å²) in [4.78, 5) is 5.03. The van der Waals surface area contributed by atoms with Crippen LogP contribution in [0.15, 0.2) is 66.7 Å². The fourth-order valence-corrected chi connectivity index (χ4v) is 4.76. The van der Waals surface area contributed by atoms with Crippen LogP contribution in [0.3, 0.4) is 0 Å². The molecule has 34 heavy (non-hydrogen) atoms. The summed E-state index contributed by atoms with van der Waals surface area (Å²) in [5, 5.41) is 2.24. The summed E-state index contributed by atoms with van der Waals surface area (Å²) in [5.74, 6) is 0.625. The van der Waals surface area contributed by atoms with Crippen LogP contribution in [0.5, 0.6) is 0 Å². The van der Waals surface area contributed by atoms with E-state index < -0.39 is 0 Å². The number of aromatic nitrogens is 3. The summed E-state index contributed by atoms with van der Waals surface area (Å²) in [6.45, 7) is 2.07. The van der Waals surface area contributed by atoms with Gasteiger partial charge in [0, 0.05) is 16.5 Å². The van der Waals surface area contributed by atoms with Crippen molar-refractivity contribution in [1.82, 2.24) is 14.1 Å². The first kappa shape index (κ1) is 21.0. The van der Waals surface area contributed by atoms with Crippen LogP contribution in [0.1, 0.15) is 5.56 Å². The summed E-state index contributed by atoms with van der Waals surface area (Å²) < 4.78 is 4.04. The molecule has 0 bridgehead atoms. The van der Waals surface area contributed by atoms with Gasteiger partial charge in [0.1, 0.15) is 39.2 Å². The van der Waals surface area contributed by atoms with Gasteiger partial charge in [0.2, 0.25) is 5.95 Å². The zero-order chi connectivity index (χ0) is 23.7. The first-order valence-electron chi connectivity index (χ1n) is 10.9. The van der Waals surface area contributed by atoms with Crippen LogP contribution in [0.25, 0.3) is 44.5 Å². The molecular formula is C26H14B5N3. The van der Waals surface area contributed by atoms with Crippen molar-refractivity contribution in [1.29, 1.82) is 0 Å². The summed E-state index contributed by atoms with van der Waals surface area (Å²) in [6, 6.07) is 22.4. The largest absolute Gasteiger partial charge is 0.279 e. The number of para-hydroxylation sites is 3. The van der Waals surface area contributed by atoms with E-state index in [1.807, 2.05) is 41.0 Å². The highest BCUT2D eigenvalue weighted by Crippen LogP contribution is 2.34. The Balaban J connectivity index is 1.85. The lowest BCUT2D eigenvalue weighted by atomic mass is 9.61. The SMILES string of the molecule is [B]c1c([B])c([B])c(-n2c(-n3c4ccccc4c4ccc(C)cc43)nc3ccccc32)c([B])c1[B]. The van der Waals surface area contributed by atoms with Crippen LogP contribution in [0.4, 0.5) is 0 Å². The zero-order valence-electron chi connectivity index (χ0n) is 18.6. The minimum absolute atomic E-state index is 0.178. The van der Waals surface area contributed by atoms with Gasteiger partial charge in [0.25, 0.3) is 0 Å². The van der Waals surface area contributed by atoms with E-state index >= 15 is 0 Å². The van der Waals surface area contributed by atoms with Crippen molar-refractivity contribution >= 4 is 99.4 Å². The molecule has 0 unspecified atom stereocenters.